The molecular weight excluding hydrogens is 378 g/mol. The maximum Gasteiger partial charge on any atom is 0.228 e. The van der Waals surface area contributed by atoms with Crippen LogP contribution >= 0.6 is 11.6 Å². The Hall–Kier alpha value is -2.86. The average Bonchev–Trinajstić information content (AvgIpc) is 3.44. The SMILES string of the molecule is CC(=O)Nc1cccc(NC(=O)C2CC2C(=O)NCCc2ccc(Cl)cc2)c1. The van der Waals surface area contributed by atoms with E-state index in [9.17, 15) is 14.4 Å². The van der Waals surface area contributed by atoms with Gasteiger partial charge in [-0.15, -0.1) is 0 Å². The van der Waals surface area contributed by atoms with Crippen LogP contribution in [0.15, 0.2) is 48.5 Å². The predicted molar refractivity (Wildman–Crippen MR) is 109 cm³/mol. The van der Waals surface area contributed by atoms with Crippen LogP contribution in [0.2, 0.25) is 5.02 Å². The fourth-order valence-electron chi connectivity index (χ4n) is 3.00. The highest BCUT2D eigenvalue weighted by Crippen LogP contribution is 2.39. The van der Waals surface area contributed by atoms with Gasteiger partial charge in [-0.1, -0.05) is 29.8 Å². The van der Waals surface area contributed by atoms with Crippen molar-refractivity contribution in [3.63, 3.8) is 0 Å². The number of hydrogen-bond acceptors (Lipinski definition) is 3. The minimum Gasteiger partial charge on any atom is -0.356 e. The predicted octanol–water partition coefficient (Wildman–Crippen LogP) is 3.23. The van der Waals surface area contributed by atoms with Gasteiger partial charge in [-0.3, -0.25) is 14.4 Å². The van der Waals surface area contributed by atoms with E-state index in [2.05, 4.69) is 16.0 Å². The third-order valence-corrected chi connectivity index (χ3v) is 4.79. The van der Waals surface area contributed by atoms with Gasteiger partial charge in [0.1, 0.15) is 0 Å². The van der Waals surface area contributed by atoms with Gasteiger partial charge in [0.15, 0.2) is 0 Å². The molecule has 0 bridgehead atoms. The number of nitrogens with one attached hydrogen (secondary N) is 3. The number of carbonyl (C=O) groups is 3. The maximum atomic E-state index is 12.4. The zero-order valence-electron chi connectivity index (χ0n) is 15.5. The summed E-state index contributed by atoms with van der Waals surface area (Å²) < 4.78 is 0. The lowest BCUT2D eigenvalue weighted by molar-refractivity contribution is -0.125. The van der Waals surface area contributed by atoms with E-state index in [1.54, 1.807) is 24.3 Å². The Kier molecular flexibility index (Phi) is 6.31. The molecule has 1 saturated carbocycles. The van der Waals surface area contributed by atoms with Gasteiger partial charge >= 0.3 is 0 Å². The maximum absolute atomic E-state index is 12.4. The van der Waals surface area contributed by atoms with Crippen LogP contribution < -0.4 is 16.0 Å². The zero-order valence-corrected chi connectivity index (χ0v) is 16.3. The Labute approximate surface area is 168 Å². The lowest BCUT2D eigenvalue weighted by Gasteiger charge is -2.08. The second-order valence-corrected chi connectivity index (χ2v) is 7.30. The summed E-state index contributed by atoms with van der Waals surface area (Å²) in [5.74, 6) is -1.07. The van der Waals surface area contributed by atoms with Crippen LogP contribution in [-0.2, 0) is 20.8 Å². The highest BCUT2D eigenvalue weighted by atomic mass is 35.5. The quantitative estimate of drug-likeness (QED) is 0.668. The molecular formula is C21H22ClN3O3. The summed E-state index contributed by atoms with van der Waals surface area (Å²) in [6, 6.07) is 14.4. The van der Waals surface area contributed by atoms with Crippen LogP contribution in [0.25, 0.3) is 0 Å². The Balaban J connectivity index is 1.44. The minimum atomic E-state index is -0.319. The monoisotopic (exact) mass is 399 g/mol. The molecule has 1 fully saturated rings. The van der Waals surface area contributed by atoms with E-state index in [1.165, 1.54) is 6.92 Å². The van der Waals surface area contributed by atoms with Crippen LogP contribution in [0, 0.1) is 11.8 Å². The molecule has 0 aromatic heterocycles. The third kappa shape index (κ3) is 5.57. The van der Waals surface area contributed by atoms with Gasteiger partial charge < -0.3 is 16.0 Å². The molecule has 3 amide bonds. The van der Waals surface area contributed by atoms with Crippen LogP contribution in [0.5, 0.6) is 0 Å². The first-order chi connectivity index (χ1) is 13.4. The fourth-order valence-corrected chi connectivity index (χ4v) is 3.13. The number of carbonyl (C=O) groups excluding carboxylic acids is 3. The van der Waals surface area contributed by atoms with E-state index >= 15 is 0 Å². The largest absolute Gasteiger partial charge is 0.356 e. The third-order valence-electron chi connectivity index (χ3n) is 4.54. The van der Waals surface area contributed by atoms with Crippen LogP contribution in [0.1, 0.15) is 18.9 Å². The van der Waals surface area contributed by atoms with Crippen molar-refractivity contribution >= 4 is 40.7 Å². The smallest absolute Gasteiger partial charge is 0.228 e. The number of halogens is 1. The van der Waals surface area contributed by atoms with E-state index < -0.39 is 0 Å². The van der Waals surface area contributed by atoms with E-state index in [1.807, 2.05) is 24.3 Å². The van der Waals surface area contributed by atoms with Crippen molar-refractivity contribution in [1.29, 1.82) is 0 Å². The lowest BCUT2D eigenvalue weighted by Crippen LogP contribution is -2.29. The lowest BCUT2D eigenvalue weighted by atomic mass is 10.1. The van der Waals surface area contributed by atoms with Gasteiger partial charge in [0.25, 0.3) is 0 Å². The van der Waals surface area contributed by atoms with Crippen molar-refractivity contribution in [3.05, 3.63) is 59.1 Å². The van der Waals surface area contributed by atoms with E-state index in [0.29, 0.717) is 35.8 Å². The molecule has 2 atom stereocenters. The molecule has 2 aromatic rings. The first-order valence-electron chi connectivity index (χ1n) is 9.13. The van der Waals surface area contributed by atoms with Crippen molar-refractivity contribution in [2.45, 2.75) is 19.8 Å². The van der Waals surface area contributed by atoms with Gasteiger partial charge in [-0.2, -0.15) is 0 Å². The van der Waals surface area contributed by atoms with Crippen LogP contribution in [-0.4, -0.2) is 24.3 Å². The molecule has 3 N–H and O–H groups in total. The molecule has 0 spiro atoms. The van der Waals surface area contributed by atoms with Crippen molar-refractivity contribution in [3.8, 4) is 0 Å². The summed E-state index contributed by atoms with van der Waals surface area (Å²) in [4.78, 5) is 35.7. The van der Waals surface area contributed by atoms with Gasteiger partial charge in [-0.25, -0.2) is 0 Å². The highest BCUT2D eigenvalue weighted by molar-refractivity contribution is 6.30. The summed E-state index contributed by atoms with van der Waals surface area (Å²) in [6.45, 7) is 1.94. The number of amides is 3. The number of rotatable bonds is 7. The molecule has 2 unspecified atom stereocenters. The molecule has 0 heterocycles. The Bertz CT molecular complexity index is 883. The summed E-state index contributed by atoms with van der Waals surface area (Å²) in [5.41, 5.74) is 2.29. The molecule has 28 heavy (non-hydrogen) atoms. The average molecular weight is 400 g/mol. The molecule has 1 aliphatic carbocycles. The van der Waals surface area contributed by atoms with Crippen LogP contribution in [0.3, 0.4) is 0 Å². The zero-order chi connectivity index (χ0) is 20.1. The van der Waals surface area contributed by atoms with Crippen molar-refractivity contribution in [2.24, 2.45) is 11.8 Å². The van der Waals surface area contributed by atoms with E-state index in [0.717, 1.165) is 5.56 Å². The Morgan fingerprint density at radius 1 is 0.964 bits per heavy atom. The molecule has 2 aromatic carbocycles. The van der Waals surface area contributed by atoms with Crippen molar-refractivity contribution < 1.29 is 14.4 Å². The molecule has 146 valence electrons. The first-order valence-corrected chi connectivity index (χ1v) is 9.51. The second-order valence-electron chi connectivity index (χ2n) is 6.87. The first kappa shape index (κ1) is 19.9. The van der Waals surface area contributed by atoms with Crippen molar-refractivity contribution in [2.75, 3.05) is 17.2 Å². The van der Waals surface area contributed by atoms with Gasteiger partial charge in [-0.05, 0) is 48.7 Å². The molecule has 7 heteroatoms. The van der Waals surface area contributed by atoms with Gasteiger partial charge in [0.05, 0.1) is 11.8 Å². The molecule has 0 radical (unpaired) electrons. The Morgan fingerprint density at radius 2 is 1.61 bits per heavy atom. The standard InChI is InChI=1S/C21H22ClN3O3/c1-13(26)24-16-3-2-4-17(11-16)25-21(28)19-12-18(19)20(27)23-10-9-14-5-7-15(22)8-6-14/h2-8,11,18-19H,9-10,12H2,1H3,(H,23,27)(H,24,26)(H,25,28). The summed E-state index contributed by atoms with van der Waals surface area (Å²) in [7, 11) is 0. The van der Waals surface area contributed by atoms with Gasteiger partial charge in [0.2, 0.25) is 17.7 Å². The molecule has 3 rings (SSSR count). The number of benzene rings is 2. The number of anilines is 2. The fraction of sp³-hybridized carbons (Fsp3) is 0.286. The molecule has 1 aliphatic rings. The van der Waals surface area contributed by atoms with E-state index in [-0.39, 0.29) is 29.6 Å². The normalized spacial score (nSPS) is 17.5. The highest BCUT2D eigenvalue weighted by Gasteiger charge is 2.47. The second kappa shape index (κ2) is 8.89. The summed E-state index contributed by atoms with van der Waals surface area (Å²) in [5, 5.41) is 9.05. The molecule has 0 saturated heterocycles. The minimum absolute atomic E-state index is 0.0962. The van der Waals surface area contributed by atoms with E-state index in [4.69, 9.17) is 11.6 Å². The van der Waals surface area contributed by atoms with Gasteiger partial charge in [0, 0.05) is 29.9 Å². The summed E-state index contributed by atoms with van der Waals surface area (Å²) in [6.07, 6.45) is 1.26. The summed E-state index contributed by atoms with van der Waals surface area (Å²) >= 11 is 5.85. The van der Waals surface area contributed by atoms with Crippen molar-refractivity contribution in [1.82, 2.24) is 5.32 Å². The molecule has 0 aliphatic heterocycles. The Morgan fingerprint density at radius 3 is 2.29 bits per heavy atom. The van der Waals surface area contributed by atoms with Crippen LogP contribution in [0.4, 0.5) is 11.4 Å². The number of hydrogen-bond donors (Lipinski definition) is 3. The molecule has 6 nitrogen and oxygen atoms in total. The topological polar surface area (TPSA) is 87.3 Å².